The summed E-state index contributed by atoms with van der Waals surface area (Å²) in [6.45, 7) is 1.93. The number of amides is 1. The van der Waals surface area contributed by atoms with Crippen LogP contribution in [0.1, 0.15) is 11.4 Å². The molecule has 0 aliphatic rings. The van der Waals surface area contributed by atoms with Crippen LogP contribution < -0.4 is 5.32 Å². The lowest BCUT2D eigenvalue weighted by atomic mass is 10.3. The zero-order valence-electron chi connectivity index (χ0n) is 16.1. The van der Waals surface area contributed by atoms with Crippen LogP contribution in [0.4, 0.5) is 5.82 Å². The Labute approximate surface area is 180 Å². The molecule has 0 atom stereocenters. The Morgan fingerprint density at radius 2 is 2.07 bits per heavy atom. The van der Waals surface area contributed by atoms with Crippen LogP contribution in [0.2, 0.25) is 0 Å². The first-order valence-electron chi connectivity index (χ1n) is 8.84. The van der Waals surface area contributed by atoms with E-state index in [1.165, 1.54) is 29.9 Å². The Morgan fingerprint density at radius 3 is 2.77 bits per heavy atom. The van der Waals surface area contributed by atoms with E-state index >= 15 is 0 Å². The molecule has 152 valence electrons. The molecule has 4 aromatic heterocycles. The quantitative estimate of drug-likeness (QED) is 0.446. The van der Waals surface area contributed by atoms with Crippen LogP contribution in [-0.2, 0) is 18.3 Å². The van der Waals surface area contributed by atoms with E-state index in [2.05, 4.69) is 40.5 Å². The largest absolute Gasteiger partial charge is 0.309 e. The normalized spacial score (nSPS) is 10.9. The number of hydrogen-bond acceptors (Lipinski definition) is 9. The highest BCUT2D eigenvalue weighted by molar-refractivity contribution is 7.99. The van der Waals surface area contributed by atoms with Gasteiger partial charge in [-0.2, -0.15) is 10.2 Å². The predicted molar refractivity (Wildman–Crippen MR) is 111 cm³/mol. The van der Waals surface area contributed by atoms with Crippen molar-refractivity contribution < 1.29 is 4.79 Å². The van der Waals surface area contributed by atoms with Gasteiger partial charge in [0.2, 0.25) is 5.91 Å². The molecule has 0 saturated heterocycles. The first-order chi connectivity index (χ1) is 14.5. The minimum absolute atomic E-state index is 0.0516. The van der Waals surface area contributed by atoms with Crippen LogP contribution in [0.5, 0.6) is 0 Å². The van der Waals surface area contributed by atoms with Gasteiger partial charge in [0.15, 0.2) is 11.0 Å². The number of aromatic amines is 1. The summed E-state index contributed by atoms with van der Waals surface area (Å²) in [7, 11) is 1.79. The van der Waals surface area contributed by atoms with Crippen molar-refractivity contribution in [1.29, 1.82) is 0 Å². The Morgan fingerprint density at radius 1 is 1.17 bits per heavy atom. The van der Waals surface area contributed by atoms with Gasteiger partial charge in [0.25, 0.3) is 0 Å². The average Bonchev–Trinajstić information content (AvgIpc) is 3.37. The first-order valence-corrected chi connectivity index (χ1v) is 10.5. The molecule has 0 radical (unpaired) electrons. The third-order valence-corrected chi connectivity index (χ3v) is 5.59. The number of carbonyl (C=O) groups is 1. The van der Waals surface area contributed by atoms with E-state index in [0.29, 0.717) is 26.7 Å². The molecular weight excluding hydrogens is 422 g/mol. The van der Waals surface area contributed by atoms with Gasteiger partial charge in [-0.15, -0.1) is 0 Å². The van der Waals surface area contributed by atoms with Crippen LogP contribution in [0.3, 0.4) is 0 Å². The fourth-order valence-corrected chi connectivity index (χ4v) is 3.90. The fraction of sp³-hybridized carbons (Fsp3) is 0.167. The smallest absolute Gasteiger partial charge is 0.231 e. The summed E-state index contributed by atoms with van der Waals surface area (Å²) in [5.74, 6) is 0.258. The molecule has 0 saturated carbocycles. The maximum absolute atomic E-state index is 12.6. The summed E-state index contributed by atoms with van der Waals surface area (Å²) >= 11 is 2.70. The Hall–Kier alpha value is -3.25. The number of pyridine rings is 1. The molecule has 12 heteroatoms. The number of nitrogens with one attached hydrogen (secondary N) is 2. The van der Waals surface area contributed by atoms with Gasteiger partial charge in [-0.25, -0.2) is 15.0 Å². The molecule has 0 aliphatic heterocycles. The van der Waals surface area contributed by atoms with Crippen LogP contribution in [0.15, 0.2) is 63.2 Å². The van der Waals surface area contributed by atoms with Crippen LogP contribution in [0, 0.1) is 6.92 Å². The number of rotatable bonds is 7. The van der Waals surface area contributed by atoms with Gasteiger partial charge in [0, 0.05) is 36.1 Å². The molecule has 0 fully saturated rings. The molecule has 0 aliphatic carbocycles. The lowest BCUT2D eigenvalue weighted by Gasteiger charge is -2.09. The van der Waals surface area contributed by atoms with Gasteiger partial charge in [0.05, 0.1) is 18.3 Å². The van der Waals surface area contributed by atoms with Gasteiger partial charge in [-0.05, 0) is 30.8 Å². The van der Waals surface area contributed by atoms with Crippen molar-refractivity contribution in [2.75, 3.05) is 5.32 Å². The standard InChI is InChI=1S/C18H17N9OS2/c1-11-3-4-12(8-19-11)29-17-13(7-15(28)24-14-5-6-27(2)26-14)23-16(9-20-17)30-18-21-10-22-25-18/h3-6,8-10H,7H2,1-2H3,(H,21,22,25)(H,24,26,28). The molecule has 30 heavy (non-hydrogen) atoms. The van der Waals surface area contributed by atoms with Crippen molar-refractivity contribution in [2.45, 2.75) is 33.4 Å². The van der Waals surface area contributed by atoms with Crippen molar-refractivity contribution in [3.05, 3.63) is 54.5 Å². The number of aryl methyl sites for hydroxylation is 2. The van der Waals surface area contributed by atoms with Crippen molar-refractivity contribution >= 4 is 35.2 Å². The van der Waals surface area contributed by atoms with Crippen LogP contribution in [-0.4, -0.2) is 45.8 Å². The Kier molecular flexibility index (Phi) is 6.05. The van der Waals surface area contributed by atoms with Crippen LogP contribution >= 0.6 is 23.5 Å². The fourth-order valence-electron chi connectivity index (χ4n) is 2.44. The highest BCUT2D eigenvalue weighted by Gasteiger charge is 2.16. The van der Waals surface area contributed by atoms with E-state index < -0.39 is 0 Å². The second-order valence-corrected chi connectivity index (χ2v) is 8.26. The second kappa shape index (κ2) is 9.05. The average molecular weight is 440 g/mol. The molecule has 0 bridgehead atoms. The monoisotopic (exact) mass is 439 g/mol. The molecule has 0 unspecified atom stereocenters. The second-order valence-electron chi connectivity index (χ2n) is 6.19. The highest BCUT2D eigenvalue weighted by atomic mass is 32.2. The molecule has 4 aromatic rings. The molecule has 4 heterocycles. The van der Waals surface area contributed by atoms with Crippen LogP contribution in [0.25, 0.3) is 0 Å². The number of H-pyrrole nitrogens is 1. The summed E-state index contributed by atoms with van der Waals surface area (Å²) in [6.07, 6.45) is 6.66. The van der Waals surface area contributed by atoms with E-state index in [0.717, 1.165) is 10.6 Å². The Balaban J connectivity index is 1.57. The molecule has 10 nitrogen and oxygen atoms in total. The molecule has 1 amide bonds. The van der Waals surface area contributed by atoms with Gasteiger partial charge in [0.1, 0.15) is 16.4 Å². The zero-order valence-corrected chi connectivity index (χ0v) is 17.7. The minimum Gasteiger partial charge on any atom is -0.309 e. The van der Waals surface area contributed by atoms with E-state index in [9.17, 15) is 4.79 Å². The Bertz CT molecular complexity index is 1140. The van der Waals surface area contributed by atoms with E-state index in [-0.39, 0.29) is 12.3 Å². The van der Waals surface area contributed by atoms with Gasteiger partial charge >= 0.3 is 0 Å². The number of aromatic nitrogens is 8. The zero-order chi connectivity index (χ0) is 20.9. The van der Waals surface area contributed by atoms with E-state index in [1.54, 1.807) is 36.4 Å². The van der Waals surface area contributed by atoms with Crippen molar-refractivity contribution in [2.24, 2.45) is 7.05 Å². The highest BCUT2D eigenvalue weighted by Crippen LogP contribution is 2.30. The molecule has 4 rings (SSSR count). The lowest BCUT2D eigenvalue weighted by Crippen LogP contribution is -2.17. The number of hydrogen-bond donors (Lipinski definition) is 2. The van der Waals surface area contributed by atoms with Crippen molar-refractivity contribution in [3.63, 3.8) is 0 Å². The molecular formula is C18H17N9OS2. The third-order valence-electron chi connectivity index (χ3n) is 3.79. The maximum atomic E-state index is 12.6. The summed E-state index contributed by atoms with van der Waals surface area (Å²) < 4.78 is 1.62. The SMILES string of the molecule is Cc1ccc(Sc2ncc(Sc3ncn[nH]3)nc2CC(=O)Nc2ccn(C)n2)cn1. The molecule has 0 aromatic carbocycles. The summed E-state index contributed by atoms with van der Waals surface area (Å²) in [6, 6.07) is 5.62. The topological polar surface area (TPSA) is 127 Å². The van der Waals surface area contributed by atoms with Gasteiger partial charge in [-0.3, -0.25) is 19.6 Å². The first kappa shape index (κ1) is 20.0. The predicted octanol–water partition coefficient (Wildman–Crippen LogP) is 2.52. The summed E-state index contributed by atoms with van der Waals surface area (Å²) in [5, 5.41) is 15.4. The van der Waals surface area contributed by atoms with Gasteiger partial charge in [-0.1, -0.05) is 11.8 Å². The maximum Gasteiger partial charge on any atom is 0.231 e. The lowest BCUT2D eigenvalue weighted by molar-refractivity contribution is -0.115. The number of carbonyl (C=O) groups excluding carboxylic acids is 1. The minimum atomic E-state index is -0.228. The number of anilines is 1. The van der Waals surface area contributed by atoms with Crippen molar-refractivity contribution in [3.8, 4) is 0 Å². The van der Waals surface area contributed by atoms with E-state index in [1.807, 2.05) is 19.1 Å². The molecule has 0 spiro atoms. The van der Waals surface area contributed by atoms with Crippen molar-refractivity contribution in [1.82, 2.24) is 39.9 Å². The summed E-state index contributed by atoms with van der Waals surface area (Å²) in [5.41, 5.74) is 1.48. The number of nitrogens with zero attached hydrogens (tertiary/aromatic N) is 7. The van der Waals surface area contributed by atoms with E-state index in [4.69, 9.17) is 0 Å². The third kappa shape index (κ3) is 5.21. The van der Waals surface area contributed by atoms with Gasteiger partial charge < -0.3 is 5.32 Å². The summed E-state index contributed by atoms with van der Waals surface area (Å²) in [4.78, 5) is 31.1. The molecule has 2 N–H and O–H groups in total.